The van der Waals surface area contributed by atoms with Gasteiger partial charge in [0.15, 0.2) is 0 Å². The number of esters is 1. The van der Waals surface area contributed by atoms with Crippen LogP contribution in [0.25, 0.3) is 0 Å². The third kappa shape index (κ3) is 2.87. The van der Waals surface area contributed by atoms with Crippen LogP contribution in [0.15, 0.2) is 6.07 Å². The second-order valence-corrected chi connectivity index (χ2v) is 4.13. The molecule has 0 aliphatic rings. The molecule has 6 heteroatoms. The minimum Gasteiger partial charge on any atom is -0.462 e. The number of aromatic nitrogens is 1. The van der Waals surface area contributed by atoms with E-state index in [1.165, 1.54) is 13.0 Å². The lowest BCUT2D eigenvalue weighted by atomic mass is 10.1. The first kappa shape index (κ1) is 13.3. The Labute approximate surface area is 105 Å². The minimum atomic E-state index is -2.69. The summed E-state index contributed by atoms with van der Waals surface area (Å²) in [7, 11) is 0. The molecule has 0 bridgehead atoms. The molecule has 0 unspecified atom stereocenters. The van der Waals surface area contributed by atoms with Crippen LogP contribution in [0, 0.1) is 10.6 Å². The quantitative estimate of drug-likeness (QED) is 0.482. The Morgan fingerprint density at radius 2 is 2.25 bits per heavy atom. The smallest absolute Gasteiger partial charge is 0.338 e. The van der Waals surface area contributed by atoms with Gasteiger partial charge in [-0.2, -0.15) is 0 Å². The first-order chi connectivity index (χ1) is 7.47. The Bertz CT molecular complexity index is 410. The number of carbonyl (C=O) groups excluding carboxylic acids is 1. The Kier molecular flexibility index (Phi) is 4.57. The van der Waals surface area contributed by atoms with Crippen molar-refractivity contribution in [3.8, 4) is 0 Å². The maximum absolute atomic E-state index is 12.6. The Morgan fingerprint density at radius 3 is 2.75 bits per heavy atom. The zero-order valence-electron chi connectivity index (χ0n) is 8.76. The number of carbonyl (C=O) groups is 1. The van der Waals surface area contributed by atoms with Crippen molar-refractivity contribution < 1.29 is 18.3 Å². The Balaban J connectivity index is 3.24. The molecule has 0 radical (unpaired) electrons. The molecule has 0 saturated carbocycles. The third-order valence-corrected chi connectivity index (χ3v) is 2.53. The number of pyridine rings is 1. The van der Waals surface area contributed by atoms with Crippen LogP contribution in [0.4, 0.5) is 8.78 Å². The summed E-state index contributed by atoms with van der Waals surface area (Å²) in [6, 6.07) is 1.44. The van der Waals surface area contributed by atoms with Crippen molar-refractivity contribution in [3.05, 3.63) is 26.6 Å². The molecule has 0 spiro atoms. The summed E-state index contributed by atoms with van der Waals surface area (Å²) in [6.07, 6.45) is -2.69. The molecule has 0 atom stereocenters. The maximum Gasteiger partial charge on any atom is 0.338 e. The molecule has 16 heavy (non-hydrogen) atoms. The summed E-state index contributed by atoms with van der Waals surface area (Å²) in [5.74, 6) is -0.595. The van der Waals surface area contributed by atoms with Gasteiger partial charge in [-0.1, -0.05) is 0 Å². The van der Waals surface area contributed by atoms with E-state index in [1.807, 2.05) is 0 Å². The number of hydrogen-bond donors (Lipinski definition) is 0. The van der Waals surface area contributed by atoms with Gasteiger partial charge in [0.2, 0.25) is 0 Å². The lowest BCUT2D eigenvalue weighted by molar-refractivity contribution is 0.0524. The van der Waals surface area contributed by atoms with Gasteiger partial charge in [0.25, 0.3) is 6.43 Å². The molecule has 88 valence electrons. The predicted octanol–water partition coefficient (Wildman–Crippen LogP) is 3.11. The number of alkyl halides is 2. The zero-order chi connectivity index (χ0) is 12.3. The summed E-state index contributed by atoms with van der Waals surface area (Å²) in [6.45, 7) is 3.31. The topological polar surface area (TPSA) is 39.2 Å². The van der Waals surface area contributed by atoms with Gasteiger partial charge in [-0.15, -0.1) is 0 Å². The fraction of sp³-hybridized carbons (Fsp3) is 0.400. The van der Waals surface area contributed by atoms with Gasteiger partial charge in [0, 0.05) is 0 Å². The van der Waals surface area contributed by atoms with Crippen molar-refractivity contribution in [1.82, 2.24) is 4.98 Å². The van der Waals surface area contributed by atoms with Gasteiger partial charge < -0.3 is 4.74 Å². The second-order valence-electron chi connectivity index (χ2n) is 3.02. The Hall–Kier alpha value is -0.790. The highest BCUT2D eigenvalue weighted by atomic mass is 127. The van der Waals surface area contributed by atoms with Crippen molar-refractivity contribution in [2.24, 2.45) is 0 Å². The normalized spacial score (nSPS) is 10.6. The molecule has 3 nitrogen and oxygen atoms in total. The fourth-order valence-electron chi connectivity index (χ4n) is 1.23. The largest absolute Gasteiger partial charge is 0.462 e. The average Bonchev–Trinajstić information content (AvgIpc) is 2.20. The third-order valence-electron chi connectivity index (χ3n) is 1.98. The lowest BCUT2D eigenvalue weighted by Crippen LogP contribution is -2.10. The van der Waals surface area contributed by atoms with Crippen LogP contribution >= 0.6 is 22.6 Å². The molecule has 1 heterocycles. The molecule has 1 aromatic heterocycles. The number of hydrogen-bond acceptors (Lipinski definition) is 3. The lowest BCUT2D eigenvalue weighted by Gasteiger charge is -2.10. The number of rotatable bonds is 3. The summed E-state index contributed by atoms with van der Waals surface area (Å²) in [5.41, 5.74) is -0.0413. The van der Waals surface area contributed by atoms with Crippen molar-refractivity contribution in [1.29, 1.82) is 0 Å². The van der Waals surface area contributed by atoms with E-state index in [9.17, 15) is 13.6 Å². The van der Waals surface area contributed by atoms with E-state index in [0.29, 0.717) is 3.70 Å². The molecule has 1 rings (SSSR count). The number of ether oxygens (including phenoxy) is 1. The van der Waals surface area contributed by atoms with Gasteiger partial charge in [0.05, 0.1) is 12.2 Å². The molecular formula is C10H10F2INO2. The molecule has 0 aromatic carbocycles. The maximum atomic E-state index is 12.6. The van der Waals surface area contributed by atoms with Crippen LogP contribution in [0.5, 0.6) is 0 Å². The first-order valence-electron chi connectivity index (χ1n) is 4.59. The van der Waals surface area contributed by atoms with E-state index in [4.69, 9.17) is 4.74 Å². The van der Waals surface area contributed by atoms with Crippen LogP contribution in [0.2, 0.25) is 0 Å². The van der Waals surface area contributed by atoms with Crippen molar-refractivity contribution in [2.75, 3.05) is 6.61 Å². The number of halogens is 3. The van der Waals surface area contributed by atoms with Gasteiger partial charge >= 0.3 is 5.97 Å². The van der Waals surface area contributed by atoms with Gasteiger partial charge in [-0.25, -0.2) is 18.6 Å². The van der Waals surface area contributed by atoms with Crippen LogP contribution in [-0.4, -0.2) is 17.6 Å². The highest BCUT2D eigenvalue weighted by Crippen LogP contribution is 2.24. The minimum absolute atomic E-state index is 0.150. The SMILES string of the molecule is CCOC(=O)c1cc(I)nc(C(F)F)c1C. The average molecular weight is 341 g/mol. The second kappa shape index (κ2) is 5.51. The van der Waals surface area contributed by atoms with E-state index in [1.54, 1.807) is 29.5 Å². The van der Waals surface area contributed by atoms with E-state index < -0.39 is 12.4 Å². The van der Waals surface area contributed by atoms with Gasteiger partial charge in [-0.05, 0) is 48.1 Å². The van der Waals surface area contributed by atoms with Crippen LogP contribution in [0.3, 0.4) is 0 Å². The summed E-state index contributed by atoms with van der Waals surface area (Å²) in [4.78, 5) is 15.2. The monoisotopic (exact) mass is 341 g/mol. The molecular weight excluding hydrogens is 331 g/mol. The molecule has 0 aliphatic carbocycles. The predicted molar refractivity (Wildman–Crippen MR) is 62.6 cm³/mol. The molecule has 1 aromatic rings. The van der Waals surface area contributed by atoms with E-state index in [2.05, 4.69) is 4.98 Å². The van der Waals surface area contributed by atoms with E-state index >= 15 is 0 Å². The summed E-state index contributed by atoms with van der Waals surface area (Å²) >= 11 is 1.79. The molecule has 0 aliphatic heterocycles. The summed E-state index contributed by atoms with van der Waals surface area (Å²) < 4.78 is 30.4. The van der Waals surface area contributed by atoms with Crippen molar-refractivity contribution in [3.63, 3.8) is 0 Å². The van der Waals surface area contributed by atoms with Gasteiger partial charge in [-0.3, -0.25) is 0 Å². The highest BCUT2D eigenvalue weighted by Gasteiger charge is 2.20. The van der Waals surface area contributed by atoms with E-state index in [0.717, 1.165) is 0 Å². The van der Waals surface area contributed by atoms with Crippen molar-refractivity contribution in [2.45, 2.75) is 20.3 Å². The molecule has 0 amide bonds. The number of nitrogens with zero attached hydrogens (tertiary/aromatic N) is 1. The van der Waals surface area contributed by atoms with E-state index in [-0.39, 0.29) is 23.4 Å². The fourth-order valence-corrected chi connectivity index (χ4v) is 1.80. The van der Waals surface area contributed by atoms with Crippen LogP contribution in [-0.2, 0) is 4.74 Å². The van der Waals surface area contributed by atoms with Crippen LogP contribution in [0.1, 0.15) is 35.0 Å². The van der Waals surface area contributed by atoms with Crippen LogP contribution < -0.4 is 0 Å². The highest BCUT2D eigenvalue weighted by molar-refractivity contribution is 14.1. The molecule has 0 N–H and O–H groups in total. The first-order valence-corrected chi connectivity index (χ1v) is 5.67. The van der Waals surface area contributed by atoms with Crippen molar-refractivity contribution >= 4 is 28.6 Å². The standard InChI is InChI=1S/C10H10F2INO2/c1-3-16-10(15)6-4-7(13)14-8(5(6)2)9(11)12/h4,9H,3H2,1-2H3. The zero-order valence-corrected chi connectivity index (χ0v) is 10.9. The molecule has 0 saturated heterocycles. The Morgan fingerprint density at radius 1 is 1.62 bits per heavy atom. The molecule has 0 fully saturated rings. The summed E-state index contributed by atoms with van der Waals surface area (Å²) in [5, 5.41) is 0. The van der Waals surface area contributed by atoms with Gasteiger partial charge in [0.1, 0.15) is 9.39 Å².